The maximum absolute atomic E-state index is 13.3. The van der Waals surface area contributed by atoms with Gasteiger partial charge in [0.1, 0.15) is 0 Å². The van der Waals surface area contributed by atoms with E-state index in [1.165, 1.54) is 24.8 Å². The molecule has 4 aliphatic carbocycles. The number of H-pyrrole nitrogens is 1. The fraction of sp³-hybridized carbons (Fsp3) is 0.424. The number of rotatable bonds is 7. The number of carbonyl (C=O) groups is 1. The molecule has 1 amide bonds. The van der Waals surface area contributed by atoms with E-state index in [9.17, 15) is 9.90 Å². The number of nitrogens with zero attached hydrogens (tertiary/aromatic N) is 2. The first kappa shape index (κ1) is 24.5. The number of hydrogen-bond donors (Lipinski definition) is 3. The molecular weight excluding hydrogens is 484 g/mol. The number of amides is 1. The number of fused-ring (bicyclic) bond motifs is 5. The van der Waals surface area contributed by atoms with Gasteiger partial charge in [0.2, 0.25) is 0 Å². The second-order valence-corrected chi connectivity index (χ2v) is 12.1. The molecule has 8 rings (SSSR count). The lowest BCUT2D eigenvalue weighted by Crippen LogP contribution is -2.30. The van der Waals surface area contributed by atoms with Crippen molar-refractivity contribution in [2.75, 3.05) is 0 Å². The zero-order chi connectivity index (χ0) is 26.3. The van der Waals surface area contributed by atoms with Gasteiger partial charge in [-0.1, -0.05) is 36.8 Å². The molecule has 2 bridgehead atoms. The first-order valence-corrected chi connectivity index (χ1v) is 14.6. The maximum atomic E-state index is 13.3. The number of hydrogen-bond acceptors (Lipinski definition) is 4. The Kier molecular flexibility index (Phi) is 6.43. The Labute approximate surface area is 229 Å². The Morgan fingerprint density at radius 1 is 1.00 bits per heavy atom. The summed E-state index contributed by atoms with van der Waals surface area (Å²) in [5, 5.41) is 22.3. The van der Waals surface area contributed by atoms with Crippen LogP contribution in [0.4, 0.5) is 0 Å². The van der Waals surface area contributed by atoms with Crippen LogP contribution in [0.25, 0.3) is 22.2 Å². The van der Waals surface area contributed by atoms with Gasteiger partial charge in [0.25, 0.3) is 5.91 Å². The highest BCUT2D eigenvalue weighted by Gasteiger charge is 2.37. The minimum absolute atomic E-state index is 0.0577. The number of nitrogens with one attached hydrogen (secondary N) is 2. The topological polar surface area (TPSA) is 90.9 Å². The highest BCUT2D eigenvalue weighted by Crippen LogP contribution is 2.44. The van der Waals surface area contributed by atoms with E-state index in [-0.39, 0.29) is 18.1 Å². The van der Waals surface area contributed by atoms with Crippen molar-refractivity contribution < 1.29 is 9.90 Å². The molecule has 4 aliphatic rings. The van der Waals surface area contributed by atoms with Crippen LogP contribution in [0.2, 0.25) is 0 Å². The molecule has 200 valence electrons. The third-order valence-electron chi connectivity index (χ3n) is 9.37. The molecule has 6 nitrogen and oxygen atoms in total. The van der Waals surface area contributed by atoms with E-state index in [0.717, 1.165) is 60.0 Å². The quantitative estimate of drug-likeness (QED) is 0.269. The van der Waals surface area contributed by atoms with Gasteiger partial charge in [-0.3, -0.25) is 14.9 Å². The molecule has 39 heavy (non-hydrogen) atoms. The molecule has 4 saturated carbocycles. The number of benzene rings is 2. The lowest BCUT2D eigenvalue weighted by atomic mass is 9.73. The molecule has 2 heterocycles. The largest absolute Gasteiger partial charge is 0.393 e. The molecule has 4 aromatic rings. The van der Waals surface area contributed by atoms with Crippen LogP contribution in [0.5, 0.6) is 0 Å². The van der Waals surface area contributed by atoms with Gasteiger partial charge in [-0.05, 0) is 105 Å². The molecule has 2 aromatic carbocycles. The molecule has 3 N–H and O–H groups in total. The van der Waals surface area contributed by atoms with Gasteiger partial charge in [-0.2, -0.15) is 5.10 Å². The Hall–Kier alpha value is -3.51. The molecule has 0 spiro atoms. The van der Waals surface area contributed by atoms with Crippen molar-refractivity contribution in [3.63, 3.8) is 0 Å². The summed E-state index contributed by atoms with van der Waals surface area (Å²) in [5.41, 5.74) is 5.74. The molecule has 5 atom stereocenters. The van der Waals surface area contributed by atoms with Crippen molar-refractivity contribution in [3.05, 3.63) is 83.7 Å². The molecule has 5 unspecified atom stereocenters. The van der Waals surface area contributed by atoms with Crippen molar-refractivity contribution in [3.8, 4) is 11.3 Å². The lowest BCUT2D eigenvalue weighted by Gasteiger charge is -2.32. The fourth-order valence-electron chi connectivity index (χ4n) is 7.15. The lowest BCUT2D eigenvalue weighted by molar-refractivity contribution is 0.0930. The highest BCUT2D eigenvalue weighted by atomic mass is 16.3. The van der Waals surface area contributed by atoms with Gasteiger partial charge in [-0.25, -0.2) is 0 Å². The predicted octanol–water partition coefficient (Wildman–Crippen LogP) is 6.24. The van der Waals surface area contributed by atoms with E-state index in [4.69, 9.17) is 0 Å². The fourth-order valence-corrected chi connectivity index (χ4v) is 7.15. The first-order valence-electron chi connectivity index (χ1n) is 14.6. The maximum Gasteiger partial charge on any atom is 0.251 e. The predicted molar refractivity (Wildman–Crippen MR) is 152 cm³/mol. The Morgan fingerprint density at radius 2 is 1.87 bits per heavy atom. The van der Waals surface area contributed by atoms with Crippen LogP contribution in [0.15, 0.2) is 66.9 Å². The average Bonchev–Trinajstić information content (AvgIpc) is 3.76. The standard InChI is InChI=1S/C33H36N4O2/c38-27-17-21-6-9-24(18-27)26(16-21)15-20-4-7-22(8-5-20)31-28-19-25(12-13-29(28)36-37-31)33(39)35-32(23-10-11-23)30-3-1-2-14-34-30/h1-5,7-8,12-14,19,21,23-24,26-27,32,38H,6,9-11,15-18H2,(H,35,39)(H,36,37). The van der Waals surface area contributed by atoms with Gasteiger partial charge in [-0.15, -0.1) is 0 Å². The number of aromatic amines is 1. The normalized spacial score (nSPS) is 25.4. The summed E-state index contributed by atoms with van der Waals surface area (Å²) in [4.78, 5) is 17.8. The SMILES string of the molecule is O=C(NC(c1ccccn1)C1CC1)c1ccc2[nH]nc(-c3ccc(CC4CC5CCC4CC(O)C5)cc3)c2c1. The summed E-state index contributed by atoms with van der Waals surface area (Å²) < 4.78 is 0. The monoisotopic (exact) mass is 520 g/mol. The van der Waals surface area contributed by atoms with E-state index in [2.05, 4.69) is 44.8 Å². The molecule has 2 aromatic heterocycles. The van der Waals surface area contributed by atoms with E-state index >= 15 is 0 Å². The zero-order valence-corrected chi connectivity index (χ0v) is 22.2. The zero-order valence-electron chi connectivity index (χ0n) is 22.2. The van der Waals surface area contributed by atoms with Crippen molar-refractivity contribution in [2.24, 2.45) is 23.7 Å². The number of aromatic nitrogens is 3. The van der Waals surface area contributed by atoms with Crippen LogP contribution < -0.4 is 5.32 Å². The van der Waals surface area contributed by atoms with Crippen molar-refractivity contribution >= 4 is 16.8 Å². The average molecular weight is 521 g/mol. The summed E-state index contributed by atoms with van der Waals surface area (Å²) in [6, 6.07) is 20.4. The van der Waals surface area contributed by atoms with E-state index < -0.39 is 0 Å². The number of aliphatic hydroxyl groups is 1. The van der Waals surface area contributed by atoms with E-state index in [1.807, 2.05) is 36.4 Å². The second kappa shape index (κ2) is 10.2. The van der Waals surface area contributed by atoms with E-state index in [0.29, 0.717) is 29.2 Å². The number of aliphatic hydroxyl groups excluding tert-OH is 1. The summed E-state index contributed by atoms with van der Waals surface area (Å²) in [6.45, 7) is 0. The van der Waals surface area contributed by atoms with Gasteiger partial charge in [0, 0.05) is 22.7 Å². The van der Waals surface area contributed by atoms with Crippen LogP contribution in [0.1, 0.15) is 72.6 Å². The van der Waals surface area contributed by atoms with Crippen LogP contribution in [-0.4, -0.2) is 32.3 Å². The third-order valence-corrected chi connectivity index (χ3v) is 9.37. The van der Waals surface area contributed by atoms with Gasteiger partial charge >= 0.3 is 0 Å². The molecule has 4 fully saturated rings. The smallest absolute Gasteiger partial charge is 0.251 e. The first-order chi connectivity index (χ1) is 19.1. The third kappa shape index (κ3) is 5.10. The van der Waals surface area contributed by atoms with Crippen LogP contribution in [0.3, 0.4) is 0 Å². The Morgan fingerprint density at radius 3 is 2.67 bits per heavy atom. The second-order valence-electron chi connectivity index (χ2n) is 12.1. The van der Waals surface area contributed by atoms with Crippen LogP contribution in [-0.2, 0) is 6.42 Å². The van der Waals surface area contributed by atoms with E-state index in [1.54, 1.807) is 6.20 Å². The van der Waals surface area contributed by atoms with Crippen LogP contribution in [0, 0.1) is 23.7 Å². The molecule has 0 aliphatic heterocycles. The molecule has 0 radical (unpaired) electrons. The number of pyridine rings is 1. The summed E-state index contributed by atoms with van der Waals surface area (Å²) in [7, 11) is 0. The van der Waals surface area contributed by atoms with Crippen LogP contribution >= 0.6 is 0 Å². The highest BCUT2D eigenvalue weighted by molar-refractivity contribution is 6.01. The van der Waals surface area contributed by atoms with Gasteiger partial charge < -0.3 is 10.4 Å². The molecular formula is C33H36N4O2. The van der Waals surface area contributed by atoms with Crippen molar-refractivity contribution in [2.45, 2.75) is 63.5 Å². The summed E-state index contributed by atoms with van der Waals surface area (Å²) in [6.07, 6.45) is 10.8. The number of carbonyl (C=O) groups excluding carboxylic acids is 1. The Bertz CT molecular complexity index is 1460. The Balaban J connectivity index is 1.09. The summed E-state index contributed by atoms with van der Waals surface area (Å²) >= 11 is 0. The molecule has 6 heteroatoms. The van der Waals surface area contributed by atoms with Crippen molar-refractivity contribution in [1.82, 2.24) is 20.5 Å². The minimum Gasteiger partial charge on any atom is -0.393 e. The van der Waals surface area contributed by atoms with Gasteiger partial charge in [0.15, 0.2) is 0 Å². The molecule has 0 saturated heterocycles. The minimum atomic E-state index is -0.107. The van der Waals surface area contributed by atoms with Crippen molar-refractivity contribution in [1.29, 1.82) is 0 Å². The summed E-state index contributed by atoms with van der Waals surface area (Å²) in [5.74, 6) is 2.38. The van der Waals surface area contributed by atoms with Gasteiger partial charge in [0.05, 0.1) is 29.1 Å².